The Kier molecular flexibility index (Phi) is 10.5. The highest BCUT2D eigenvalue weighted by Crippen LogP contribution is 2.72. The van der Waals surface area contributed by atoms with E-state index in [0.717, 1.165) is 30.4 Å². The van der Waals surface area contributed by atoms with E-state index in [9.17, 15) is 19.5 Å². The predicted molar refractivity (Wildman–Crippen MR) is 185 cm³/mol. The lowest BCUT2D eigenvalue weighted by Gasteiger charge is -2.41. The quantitative estimate of drug-likeness (QED) is 0.260. The molecule has 1 N–H and O–H groups in total. The van der Waals surface area contributed by atoms with Crippen molar-refractivity contribution in [3.8, 4) is 0 Å². The van der Waals surface area contributed by atoms with Gasteiger partial charge in [0, 0.05) is 30.4 Å². The summed E-state index contributed by atoms with van der Waals surface area (Å²) in [4.78, 5) is 50.0. The third-order valence-electron chi connectivity index (χ3n) is 10.4. The molecule has 3 aliphatic heterocycles. The van der Waals surface area contributed by atoms with Gasteiger partial charge in [-0.1, -0.05) is 86.2 Å². The highest BCUT2D eigenvalue weighted by Gasteiger charge is 2.78. The maximum absolute atomic E-state index is 15.0. The molecule has 2 bridgehead atoms. The predicted octanol–water partition coefficient (Wildman–Crippen LogP) is 5.49. The fourth-order valence-electron chi connectivity index (χ4n) is 8.30. The lowest BCUT2D eigenvalue weighted by Crippen LogP contribution is -2.59. The highest BCUT2D eigenvalue weighted by molar-refractivity contribution is 8.02. The molecule has 246 valence electrons. The molecule has 2 aromatic rings. The van der Waals surface area contributed by atoms with Gasteiger partial charge in [-0.15, -0.1) is 24.9 Å². The molecule has 8 heteroatoms. The van der Waals surface area contributed by atoms with Gasteiger partial charge in [0.1, 0.15) is 6.04 Å². The van der Waals surface area contributed by atoms with Crippen molar-refractivity contribution in [3.63, 3.8) is 0 Å². The van der Waals surface area contributed by atoms with Crippen molar-refractivity contribution < 1.29 is 19.5 Å². The van der Waals surface area contributed by atoms with E-state index in [1.807, 2.05) is 65.6 Å². The summed E-state index contributed by atoms with van der Waals surface area (Å²) >= 11 is 1.68. The van der Waals surface area contributed by atoms with E-state index in [-0.39, 0.29) is 30.4 Å². The molecule has 0 aliphatic carbocycles. The zero-order valence-corrected chi connectivity index (χ0v) is 28.3. The molecule has 7 atom stereocenters. The van der Waals surface area contributed by atoms with Crippen molar-refractivity contribution in [2.45, 2.75) is 87.0 Å². The van der Waals surface area contributed by atoms with Crippen LogP contribution in [0.1, 0.15) is 57.6 Å². The number of hydrogen-bond acceptors (Lipinski definition) is 5. The number of nitrogens with zero attached hydrogens (tertiary/aromatic N) is 3. The number of rotatable bonds is 15. The summed E-state index contributed by atoms with van der Waals surface area (Å²) in [5, 5.41) is 10.9. The van der Waals surface area contributed by atoms with Gasteiger partial charge in [-0.2, -0.15) is 0 Å². The molecule has 0 saturated carbocycles. The first-order chi connectivity index (χ1) is 22.2. The number of amides is 3. The normalized spacial score (nSPS) is 27.6. The van der Waals surface area contributed by atoms with Crippen molar-refractivity contribution in [3.05, 3.63) is 97.1 Å². The van der Waals surface area contributed by atoms with Crippen LogP contribution in [0.5, 0.6) is 0 Å². The Bertz CT molecular complexity index is 1420. The Balaban J connectivity index is 1.59. The topological polar surface area (TPSA) is 81.2 Å². The van der Waals surface area contributed by atoms with Crippen LogP contribution >= 0.6 is 11.8 Å². The first kappa shape index (κ1) is 34.0. The summed E-state index contributed by atoms with van der Waals surface area (Å²) in [6, 6.07) is 18.2. The Morgan fingerprint density at radius 2 is 1.65 bits per heavy atom. The summed E-state index contributed by atoms with van der Waals surface area (Å²) in [6.07, 6.45) is 7.03. The number of fused-ring (bicyclic) bond motifs is 1. The molecule has 0 radical (unpaired) electrons. The summed E-state index contributed by atoms with van der Waals surface area (Å²) in [5.74, 6) is -1.64. The number of benzene rings is 2. The second-order valence-electron chi connectivity index (χ2n) is 13.4. The van der Waals surface area contributed by atoms with E-state index in [2.05, 4.69) is 33.9 Å². The van der Waals surface area contributed by atoms with Crippen LogP contribution < -0.4 is 0 Å². The Hall–Kier alpha value is -3.36. The molecule has 3 saturated heterocycles. The number of likely N-dealkylation sites (tertiary alicyclic amines) is 1. The zero-order valence-electron chi connectivity index (χ0n) is 27.5. The second kappa shape index (κ2) is 14.2. The van der Waals surface area contributed by atoms with Gasteiger partial charge in [0.15, 0.2) is 0 Å². The number of thioether (sulfide) groups is 1. The van der Waals surface area contributed by atoms with Crippen LogP contribution in [-0.4, -0.2) is 84.8 Å². The van der Waals surface area contributed by atoms with E-state index in [4.69, 9.17) is 0 Å². The summed E-state index contributed by atoms with van der Waals surface area (Å²) in [5.41, 5.74) is 1.99. The lowest BCUT2D eigenvalue weighted by atomic mass is 9.66. The first-order valence-electron chi connectivity index (χ1n) is 16.7. The fraction of sp³-hybridized carbons (Fsp3) is 0.500. The lowest BCUT2D eigenvalue weighted by molar-refractivity contribution is -0.148. The van der Waals surface area contributed by atoms with Gasteiger partial charge >= 0.3 is 0 Å². The molecule has 1 spiro atoms. The summed E-state index contributed by atoms with van der Waals surface area (Å²) in [7, 11) is 0. The molecule has 3 amide bonds. The molecular weight excluding hydrogens is 595 g/mol. The SMILES string of the molecule is C=CCN(Cc1ccccc1)C(=O)[C@H]1[C@H]2C(=O)N([C@@H](CO)Cc3ccccc3)C(C(=O)N(CC=C)C(C)CCC)C23CC[C@]1(C)S3. The van der Waals surface area contributed by atoms with Gasteiger partial charge in [0.2, 0.25) is 17.7 Å². The highest BCUT2D eigenvalue weighted by atomic mass is 32.2. The van der Waals surface area contributed by atoms with E-state index in [1.165, 1.54) is 0 Å². The Morgan fingerprint density at radius 1 is 1.02 bits per heavy atom. The van der Waals surface area contributed by atoms with Crippen molar-refractivity contribution >= 4 is 29.5 Å². The maximum atomic E-state index is 15.0. The summed E-state index contributed by atoms with van der Waals surface area (Å²) in [6.45, 7) is 15.0. The van der Waals surface area contributed by atoms with Gasteiger partial charge in [-0.25, -0.2) is 0 Å². The molecule has 3 fully saturated rings. The Labute approximate surface area is 278 Å². The van der Waals surface area contributed by atoms with Crippen LogP contribution in [0.3, 0.4) is 0 Å². The largest absolute Gasteiger partial charge is 0.394 e. The molecule has 7 nitrogen and oxygen atoms in total. The van der Waals surface area contributed by atoms with Crippen LogP contribution in [0.25, 0.3) is 0 Å². The molecule has 3 heterocycles. The summed E-state index contributed by atoms with van der Waals surface area (Å²) < 4.78 is -1.27. The number of carbonyl (C=O) groups excluding carboxylic acids is 3. The van der Waals surface area contributed by atoms with Crippen molar-refractivity contribution in [1.29, 1.82) is 0 Å². The minimum atomic E-state index is -0.795. The van der Waals surface area contributed by atoms with Crippen molar-refractivity contribution in [2.24, 2.45) is 11.8 Å². The van der Waals surface area contributed by atoms with Crippen molar-refractivity contribution in [1.82, 2.24) is 14.7 Å². The number of aliphatic hydroxyl groups is 1. The zero-order chi connectivity index (χ0) is 33.1. The standard InChI is InChI=1S/C38H49N3O4S/c1-6-15-27(4)40(23-8-3)36(45)33-38-21-20-37(5,46-38)31(34(43)39(22-7-2)25-29-18-13-10-14-19-29)32(38)35(44)41(33)30(26-42)24-28-16-11-9-12-17-28/h7-14,16-19,27,30-33,42H,2-3,6,15,20-26H2,1,4-5H3/t27?,30-,31-,32+,33?,37+,38?/m1/s1. The molecule has 0 aromatic heterocycles. The van der Waals surface area contributed by atoms with Crippen LogP contribution in [-0.2, 0) is 27.3 Å². The maximum Gasteiger partial charge on any atom is 0.247 e. The first-order valence-corrected chi connectivity index (χ1v) is 17.5. The Morgan fingerprint density at radius 3 is 2.24 bits per heavy atom. The smallest absolute Gasteiger partial charge is 0.247 e. The van der Waals surface area contributed by atoms with E-state index >= 15 is 0 Å². The molecule has 2 aromatic carbocycles. The van der Waals surface area contributed by atoms with E-state index in [0.29, 0.717) is 32.5 Å². The van der Waals surface area contributed by atoms with Gasteiger partial charge in [-0.05, 0) is 50.7 Å². The van der Waals surface area contributed by atoms with Crippen LogP contribution in [0.15, 0.2) is 86.0 Å². The van der Waals surface area contributed by atoms with Gasteiger partial charge in [0.25, 0.3) is 0 Å². The minimum Gasteiger partial charge on any atom is -0.394 e. The van der Waals surface area contributed by atoms with Gasteiger partial charge in [-0.3, -0.25) is 14.4 Å². The van der Waals surface area contributed by atoms with E-state index in [1.54, 1.807) is 33.7 Å². The minimum absolute atomic E-state index is 0.0461. The molecule has 46 heavy (non-hydrogen) atoms. The third kappa shape index (κ3) is 6.06. The molecular formula is C38H49N3O4S. The second-order valence-corrected chi connectivity index (χ2v) is 15.3. The molecule has 3 aliphatic rings. The average molecular weight is 644 g/mol. The molecule has 3 unspecified atom stereocenters. The monoisotopic (exact) mass is 643 g/mol. The van der Waals surface area contributed by atoms with Crippen molar-refractivity contribution in [2.75, 3.05) is 19.7 Å². The van der Waals surface area contributed by atoms with Crippen LogP contribution in [0.4, 0.5) is 0 Å². The van der Waals surface area contributed by atoms with Gasteiger partial charge < -0.3 is 19.8 Å². The molecule has 5 rings (SSSR count). The number of hydrogen-bond donors (Lipinski definition) is 1. The van der Waals surface area contributed by atoms with E-state index < -0.39 is 33.4 Å². The number of carbonyl (C=O) groups is 3. The van der Waals surface area contributed by atoms with Crippen LogP contribution in [0, 0.1) is 11.8 Å². The fourth-order valence-corrected chi connectivity index (χ4v) is 10.6. The third-order valence-corrected chi connectivity index (χ3v) is 12.3. The van der Waals surface area contributed by atoms with Gasteiger partial charge in [0.05, 0.1) is 29.2 Å². The number of aliphatic hydroxyl groups excluding tert-OH is 1. The van der Waals surface area contributed by atoms with Crippen LogP contribution in [0.2, 0.25) is 0 Å². The average Bonchev–Trinajstić information content (AvgIpc) is 3.63.